The quantitative estimate of drug-likeness (QED) is 0.581. The molecule has 3 N–H and O–H groups in total. The van der Waals surface area contributed by atoms with Gasteiger partial charge in [0.1, 0.15) is 0 Å². The molecule has 1 aliphatic rings. The molecule has 0 amide bonds. The van der Waals surface area contributed by atoms with Gasteiger partial charge in [-0.1, -0.05) is 20.3 Å². The van der Waals surface area contributed by atoms with E-state index in [2.05, 4.69) is 12.2 Å². The summed E-state index contributed by atoms with van der Waals surface area (Å²) < 4.78 is 0. The second-order valence-corrected chi connectivity index (χ2v) is 1.81. The van der Waals surface area contributed by atoms with Crippen molar-refractivity contribution in [3.63, 3.8) is 0 Å². The molecule has 0 aromatic heterocycles. The van der Waals surface area contributed by atoms with Gasteiger partial charge in [0.15, 0.2) is 0 Å². The van der Waals surface area contributed by atoms with E-state index in [1.807, 2.05) is 0 Å². The predicted octanol–water partition coefficient (Wildman–Crippen LogP) is 1.20. The lowest BCUT2D eigenvalue weighted by molar-refractivity contribution is 0.520. The van der Waals surface area contributed by atoms with E-state index in [0.29, 0.717) is 0 Å². The highest BCUT2D eigenvalue weighted by atomic mass is 35.5. The van der Waals surface area contributed by atoms with Crippen LogP contribution in [0, 0.1) is 6.92 Å². The van der Waals surface area contributed by atoms with Crippen molar-refractivity contribution in [2.75, 3.05) is 13.1 Å². The zero-order valence-corrected chi connectivity index (χ0v) is 7.47. The minimum Gasteiger partial charge on any atom is -0.412 e. The Labute approximate surface area is 70.1 Å². The average molecular weight is 169 g/mol. The Kier molecular flexibility index (Phi) is 26.8. The fourth-order valence-corrected chi connectivity index (χ4v) is 0.802. The van der Waals surface area contributed by atoms with Crippen LogP contribution in [-0.2, 0) is 0 Å². The lowest BCUT2D eigenvalue weighted by atomic mass is 10.2. The smallest absolute Gasteiger partial charge is 0.00489 e. The van der Waals surface area contributed by atoms with Crippen LogP contribution in [0.4, 0.5) is 0 Å². The van der Waals surface area contributed by atoms with Gasteiger partial charge in [0.2, 0.25) is 0 Å². The molecule has 0 spiro atoms. The fourth-order valence-electron chi connectivity index (χ4n) is 0.802. The molecule has 1 fully saturated rings. The van der Waals surface area contributed by atoms with E-state index in [0.717, 1.165) is 0 Å². The van der Waals surface area contributed by atoms with Gasteiger partial charge in [0.05, 0.1) is 0 Å². The third-order valence-corrected chi connectivity index (χ3v) is 1.21. The van der Waals surface area contributed by atoms with E-state index in [9.17, 15) is 0 Å². The summed E-state index contributed by atoms with van der Waals surface area (Å²) in [5, 5.41) is 3.28. The standard InChI is InChI=1S/C5H11N.C2H5.ClH.H2O/c1-2-4-6-5-3-1;1-2;;/h6H,1-5H2;1H2,2H3;1H;1H2. The largest absolute Gasteiger partial charge is 0.412 e. The van der Waals surface area contributed by atoms with Crippen LogP contribution in [0.3, 0.4) is 0 Å². The van der Waals surface area contributed by atoms with Crippen LogP contribution in [0.1, 0.15) is 26.2 Å². The minimum absolute atomic E-state index is 0. The second-order valence-electron chi connectivity index (χ2n) is 1.81. The van der Waals surface area contributed by atoms with Gasteiger partial charge in [-0.25, -0.2) is 0 Å². The van der Waals surface area contributed by atoms with Gasteiger partial charge in [0.25, 0.3) is 0 Å². The molecule has 0 aromatic carbocycles. The van der Waals surface area contributed by atoms with Gasteiger partial charge in [-0.2, -0.15) is 0 Å². The normalized spacial score (nSPS) is 15.0. The topological polar surface area (TPSA) is 43.5 Å². The third kappa shape index (κ3) is 11.1. The van der Waals surface area contributed by atoms with Crippen molar-refractivity contribution < 1.29 is 5.48 Å². The molecule has 1 rings (SSSR count). The summed E-state index contributed by atoms with van der Waals surface area (Å²) in [6.45, 7) is 7.50. The van der Waals surface area contributed by atoms with Crippen molar-refractivity contribution in [2.24, 2.45) is 0 Å². The van der Waals surface area contributed by atoms with Crippen LogP contribution in [0.5, 0.6) is 0 Å². The Morgan fingerprint density at radius 2 is 1.40 bits per heavy atom. The lowest BCUT2D eigenvalue weighted by Crippen LogP contribution is -2.21. The number of halogens is 1. The molecule has 1 heterocycles. The molecule has 0 aromatic rings. The van der Waals surface area contributed by atoms with Crippen LogP contribution in [0.15, 0.2) is 0 Å². The summed E-state index contributed by atoms with van der Waals surface area (Å²) in [7, 11) is 0. The lowest BCUT2D eigenvalue weighted by Gasteiger charge is -2.08. The van der Waals surface area contributed by atoms with Crippen molar-refractivity contribution in [2.45, 2.75) is 26.2 Å². The SMILES string of the molecule is C1CCNCC1.Cl.O.[CH2]C. The molecule has 65 valence electrons. The molecule has 1 saturated heterocycles. The summed E-state index contributed by atoms with van der Waals surface area (Å²) in [5.41, 5.74) is 0. The van der Waals surface area contributed by atoms with Crippen LogP contribution in [0.25, 0.3) is 0 Å². The first-order valence-corrected chi connectivity index (χ1v) is 3.41. The van der Waals surface area contributed by atoms with Crippen molar-refractivity contribution >= 4 is 12.4 Å². The molecule has 10 heavy (non-hydrogen) atoms. The molecule has 0 atom stereocenters. The van der Waals surface area contributed by atoms with Gasteiger partial charge in [-0.3, -0.25) is 0 Å². The number of rotatable bonds is 0. The third-order valence-electron chi connectivity index (χ3n) is 1.21. The van der Waals surface area contributed by atoms with Gasteiger partial charge in [0, 0.05) is 0 Å². The highest BCUT2D eigenvalue weighted by Crippen LogP contribution is 1.96. The van der Waals surface area contributed by atoms with Gasteiger partial charge in [-0.05, 0) is 25.9 Å². The van der Waals surface area contributed by atoms with E-state index in [4.69, 9.17) is 0 Å². The van der Waals surface area contributed by atoms with Crippen molar-refractivity contribution in [1.29, 1.82) is 0 Å². The summed E-state index contributed by atoms with van der Waals surface area (Å²) in [4.78, 5) is 0. The highest BCUT2D eigenvalue weighted by Gasteiger charge is 1.93. The summed E-state index contributed by atoms with van der Waals surface area (Å²) in [6, 6.07) is 0. The van der Waals surface area contributed by atoms with Crippen LogP contribution in [-0.4, -0.2) is 18.6 Å². The van der Waals surface area contributed by atoms with Crippen molar-refractivity contribution in [3.8, 4) is 0 Å². The number of nitrogens with one attached hydrogen (secondary N) is 1. The Hall–Kier alpha value is 0.210. The van der Waals surface area contributed by atoms with Crippen molar-refractivity contribution in [3.05, 3.63) is 6.92 Å². The van der Waals surface area contributed by atoms with Crippen LogP contribution in [0.2, 0.25) is 0 Å². The maximum atomic E-state index is 3.28. The molecule has 1 aliphatic heterocycles. The van der Waals surface area contributed by atoms with Gasteiger partial charge in [-0.15, -0.1) is 12.4 Å². The minimum atomic E-state index is 0. The monoisotopic (exact) mass is 168 g/mol. The zero-order chi connectivity index (χ0) is 6.24. The average Bonchev–Trinajstić information content (AvgIpc) is 1.96. The number of piperidine rings is 1. The molecule has 0 saturated carbocycles. The summed E-state index contributed by atoms with van der Waals surface area (Å²) in [6.07, 6.45) is 4.22. The number of hydrogen-bond acceptors (Lipinski definition) is 1. The van der Waals surface area contributed by atoms with Crippen molar-refractivity contribution in [1.82, 2.24) is 5.32 Å². The first-order chi connectivity index (χ1) is 4.00. The Morgan fingerprint density at radius 3 is 1.50 bits per heavy atom. The van der Waals surface area contributed by atoms with Gasteiger partial charge >= 0.3 is 0 Å². The van der Waals surface area contributed by atoms with Crippen LogP contribution < -0.4 is 5.32 Å². The summed E-state index contributed by atoms with van der Waals surface area (Å²) >= 11 is 0. The maximum Gasteiger partial charge on any atom is -0.00489 e. The molecule has 2 nitrogen and oxygen atoms in total. The molecule has 3 heteroatoms. The van der Waals surface area contributed by atoms with Gasteiger partial charge < -0.3 is 10.8 Å². The van der Waals surface area contributed by atoms with E-state index in [1.54, 1.807) is 6.92 Å². The maximum absolute atomic E-state index is 3.28. The Bertz CT molecular complexity index is 29.1. The van der Waals surface area contributed by atoms with E-state index in [-0.39, 0.29) is 17.9 Å². The van der Waals surface area contributed by atoms with E-state index in [1.165, 1.54) is 32.4 Å². The first-order valence-electron chi connectivity index (χ1n) is 3.41. The van der Waals surface area contributed by atoms with E-state index < -0.39 is 0 Å². The fraction of sp³-hybridized carbons (Fsp3) is 0.857. The van der Waals surface area contributed by atoms with E-state index >= 15 is 0 Å². The zero-order valence-electron chi connectivity index (χ0n) is 6.65. The first kappa shape index (κ1) is 16.7. The Morgan fingerprint density at radius 1 is 1.00 bits per heavy atom. The highest BCUT2D eigenvalue weighted by molar-refractivity contribution is 5.85. The molecule has 1 radical (unpaired) electrons. The molecular weight excluding hydrogens is 150 g/mol. The molecular formula is C7H19ClNO. The predicted molar refractivity (Wildman–Crippen MR) is 48.6 cm³/mol. The number of hydrogen-bond donors (Lipinski definition) is 1. The van der Waals surface area contributed by atoms with Crippen LogP contribution >= 0.6 is 12.4 Å². The molecule has 0 bridgehead atoms. The molecule has 0 unspecified atom stereocenters. The molecule has 0 aliphatic carbocycles. The second kappa shape index (κ2) is 16.1. The summed E-state index contributed by atoms with van der Waals surface area (Å²) in [5.74, 6) is 0. The Balaban J connectivity index is -0.000000114.